The van der Waals surface area contributed by atoms with E-state index in [1.807, 2.05) is 30.1 Å². The van der Waals surface area contributed by atoms with E-state index in [1.165, 1.54) is 0 Å². The molecule has 2 fully saturated rings. The Bertz CT molecular complexity index is 768. The Morgan fingerprint density at radius 2 is 2.07 bits per heavy atom. The van der Waals surface area contributed by atoms with Crippen molar-refractivity contribution in [1.82, 2.24) is 25.3 Å². The van der Waals surface area contributed by atoms with Crippen LogP contribution in [0.15, 0.2) is 28.9 Å². The molecule has 2 aromatic rings. The fraction of sp³-hybridized carbons (Fsp3) is 0.556. The molecule has 28 heavy (non-hydrogen) atoms. The molecule has 2 aromatic heterocycles. The Morgan fingerprint density at radius 1 is 1.29 bits per heavy atom. The molecule has 1 N–H and O–H groups in total. The number of likely N-dealkylation sites (N-methyl/N-ethyl adjacent to an activating group) is 1. The van der Waals surface area contributed by atoms with E-state index in [1.54, 1.807) is 6.20 Å². The highest BCUT2D eigenvalue weighted by molar-refractivity contribution is 5.85. The number of hydrogen-bond acceptors (Lipinski definition) is 8. The first-order valence-electron chi connectivity index (χ1n) is 8.99. The molecule has 0 aliphatic carbocycles. The standard InChI is InChI=1S/C18H23N5O3.2ClH/c1-23(11-13-10-18(17(24)25-13)5-8-19-9-6-18)12-15-21-16(22-26-15)14-4-2-3-7-20-14;;/h2-4,7,13,19H,5-6,8-12H2,1H3;2*1H. The second-order valence-corrected chi connectivity index (χ2v) is 7.19. The van der Waals surface area contributed by atoms with Crippen molar-refractivity contribution in [2.45, 2.75) is 31.9 Å². The zero-order valence-electron chi connectivity index (χ0n) is 15.7. The zero-order chi connectivity index (χ0) is 18.0. The second kappa shape index (κ2) is 9.65. The van der Waals surface area contributed by atoms with Crippen LogP contribution in [-0.2, 0) is 16.1 Å². The molecule has 8 nitrogen and oxygen atoms in total. The number of cyclic esters (lactones) is 1. The SMILES string of the molecule is CN(Cc1nc(-c2ccccn2)no1)CC1CC2(CCNCC2)C(=O)O1.Cl.Cl. The summed E-state index contributed by atoms with van der Waals surface area (Å²) in [4.78, 5) is 23.0. The highest BCUT2D eigenvalue weighted by Crippen LogP contribution is 2.41. The highest BCUT2D eigenvalue weighted by atomic mass is 35.5. The van der Waals surface area contributed by atoms with E-state index in [2.05, 4.69) is 20.4 Å². The topological polar surface area (TPSA) is 93.4 Å². The fourth-order valence-corrected chi connectivity index (χ4v) is 3.81. The van der Waals surface area contributed by atoms with Crippen LogP contribution in [0.5, 0.6) is 0 Å². The number of nitrogens with one attached hydrogen (secondary N) is 1. The molecule has 1 spiro atoms. The van der Waals surface area contributed by atoms with Crippen LogP contribution in [0.25, 0.3) is 11.5 Å². The third-order valence-corrected chi connectivity index (χ3v) is 5.17. The van der Waals surface area contributed by atoms with Gasteiger partial charge in [0.15, 0.2) is 0 Å². The smallest absolute Gasteiger partial charge is 0.312 e. The normalized spacial score (nSPS) is 20.5. The maximum atomic E-state index is 12.3. The van der Waals surface area contributed by atoms with Gasteiger partial charge in [-0.2, -0.15) is 4.98 Å². The molecule has 0 aromatic carbocycles. The average Bonchev–Trinajstić information content (AvgIpc) is 3.22. The number of carbonyl (C=O) groups is 1. The first kappa shape index (κ1) is 22.5. The summed E-state index contributed by atoms with van der Waals surface area (Å²) >= 11 is 0. The number of rotatable bonds is 5. The molecule has 0 radical (unpaired) electrons. The summed E-state index contributed by atoms with van der Waals surface area (Å²) < 4.78 is 11.0. The van der Waals surface area contributed by atoms with E-state index in [0.29, 0.717) is 30.5 Å². The molecule has 154 valence electrons. The van der Waals surface area contributed by atoms with Crippen molar-refractivity contribution in [2.24, 2.45) is 5.41 Å². The largest absolute Gasteiger partial charge is 0.461 e. The van der Waals surface area contributed by atoms with E-state index >= 15 is 0 Å². The lowest BCUT2D eigenvalue weighted by Crippen LogP contribution is -2.39. The Kier molecular flexibility index (Phi) is 7.77. The number of halogens is 2. The van der Waals surface area contributed by atoms with Gasteiger partial charge in [0.2, 0.25) is 11.7 Å². The van der Waals surface area contributed by atoms with Crippen molar-refractivity contribution in [1.29, 1.82) is 0 Å². The third kappa shape index (κ3) is 4.81. The second-order valence-electron chi connectivity index (χ2n) is 7.19. The van der Waals surface area contributed by atoms with Gasteiger partial charge >= 0.3 is 5.97 Å². The Morgan fingerprint density at radius 3 is 2.79 bits per heavy atom. The number of nitrogens with zero attached hydrogens (tertiary/aromatic N) is 4. The van der Waals surface area contributed by atoms with Gasteiger partial charge in [0, 0.05) is 19.2 Å². The first-order chi connectivity index (χ1) is 12.6. The van der Waals surface area contributed by atoms with Crippen LogP contribution in [0.4, 0.5) is 0 Å². The van der Waals surface area contributed by atoms with Crippen LogP contribution >= 0.6 is 24.8 Å². The number of aromatic nitrogens is 3. The summed E-state index contributed by atoms with van der Waals surface area (Å²) in [5, 5.41) is 7.29. The molecule has 10 heteroatoms. The van der Waals surface area contributed by atoms with E-state index in [9.17, 15) is 4.79 Å². The van der Waals surface area contributed by atoms with Crippen molar-refractivity contribution in [3.63, 3.8) is 0 Å². The summed E-state index contributed by atoms with van der Waals surface area (Å²) in [5.74, 6) is 0.969. The van der Waals surface area contributed by atoms with Crippen LogP contribution in [0.2, 0.25) is 0 Å². The molecular weight excluding hydrogens is 405 g/mol. The van der Waals surface area contributed by atoms with Gasteiger partial charge in [0.25, 0.3) is 0 Å². The number of hydrogen-bond donors (Lipinski definition) is 1. The highest BCUT2D eigenvalue weighted by Gasteiger charge is 2.49. The molecule has 1 atom stereocenters. The number of piperidine rings is 1. The van der Waals surface area contributed by atoms with Crippen molar-refractivity contribution in [2.75, 3.05) is 26.7 Å². The van der Waals surface area contributed by atoms with Crippen LogP contribution in [0.1, 0.15) is 25.2 Å². The molecule has 1 unspecified atom stereocenters. The fourth-order valence-electron chi connectivity index (χ4n) is 3.81. The van der Waals surface area contributed by atoms with E-state index < -0.39 is 0 Å². The molecule has 4 rings (SSSR count). The maximum Gasteiger partial charge on any atom is 0.312 e. The summed E-state index contributed by atoms with van der Waals surface area (Å²) in [5.41, 5.74) is 0.399. The van der Waals surface area contributed by atoms with Gasteiger partial charge in [-0.3, -0.25) is 14.7 Å². The Hall–Kier alpha value is -1.74. The summed E-state index contributed by atoms with van der Waals surface area (Å²) in [7, 11) is 1.96. The zero-order valence-corrected chi connectivity index (χ0v) is 17.3. The maximum absolute atomic E-state index is 12.3. The Balaban J connectivity index is 0.00000140. The number of ether oxygens (including phenoxy) is 1. The summed E-state index contributed by atoms with van der Waals surface area (Å²) in [6.45, 7) is 2.93. The molecule has 0 bridgehead atoms. The molecule has 0 amide bonds. The van der Waals surface area contributed by atoms with E-state index in [0.717, 1.165) is 32.4 Å². The van der Waals surface area contributed by atoms with E-state index in [4.69, 9.17) is 9.26 Å². The van der Waals surface area contributed by atoms with Crippen molar-refractivity contribution in [3.05, 3.63) is 30.3 Å². The lowest BCUT2D eigenvalue weighted by Gasteiger charge is -2.29. The average molecular weight is 430 g/mol. The molecule has 2 aliphatic heterocycles. The monoisotopic (exact) mass is 429 g/mol. The van der Waals surface area contributed by atoms with Gasteiger partial charge in [0.05, 0.1) is 12.0 Å². The van der Waals surface area contributed by atoms with Gasteiger partial charge in [-0.15, -0.1) is 24.8 Å². The Labute approximate surface area is 176 Å². The van der Waals surface area contributed by atoms with Crippen molar-refractivity contribution >= 4 is 30.8 Å². The van der Waals surface area contributed by atoms with Gasteiger partial charge < -0.3 is 14.6 Å². The minimum Gasteiger partial charge on any atom is -0.461 e. The third-order valence-electron chi connectivity index (χ3n) is 5.17. The predicted molar refractivity (Wildman–Crippen MR) is 107 cm³/mol. The molecule has 2 aliphatic rings. The van der Waals surface area contributed by atoms with Gasteiger partial charge in [-0.25, -0.2) is 0 Å². The van der Waals surface area contributed by atoms with Crippen molar-refractivity contribution in [3.8, 4) is 11.5 Å². The molecule has 0 saturated carbocycles. The van der Waals surface area contributed by atoms with Crippen LogP contribution in [-0.4, -0.2) is 58.8 Å². The van der Waals surface area contributed by atoms with Gasteiger partial charge in [-0.1, -0.05) is 11.2 Å². The first-order valence-corrected chi connectivity index (χ1v) is 8.99. The van der Waals surface area contributed by atoms with Crippen LogP contribution in [0, 0.1) is 5.41 Å². The van der Waals surface area contributed by atoms with Gasteiger partial charge in [-0.05, 0) is 45.1 Å². The molecule has 2 saturated heterocycles. The number of carbonyl (C=O) groups excluding carboxylic acids is 1. The lowest BCUT2D eigenvalue weighted by molar-refractivity contribution is -0.150. The van der Waals surface area contributed by atoms with Gasteiger partial charge in [0.1, 0.15) is 11.8 Å². The molecular formula is C18H25Cl2N5O3. The quantitative estimate of drug-likeness (QED) is 0.721. The molecule has 4 heterocycles. The number of pyridine rings is 1. The minimum atomic E-state index is -0.284. The number of esters is 1. The lowest BCUT2D eigenvalue weighted by atomic mass is 9.76. The minimum absolute atomic E-state index is 0. The predicted octanol–water partition coefficient (Wildman–Crippen LogP) is 2.09. The van der Waals surface area contributed by atoms with Crippen LogP contribution < -0.4 is 5.32 Å². The summed E-state index contributed by atoms with van der Waals surface area (Å²) in [6, 6.07) is 5.57. The van der Waals surface area contributed by atoms with Crippen LogP contribution in [0.3, 0.4) is 0 Å². The van der Waals surface area contributed by atoms with E-state index in [-0.39, 0.29) is 42.3 Å². The van der Waals surface area contributed by atoms with Crippen molar-refractivity contribution < 1.29 is 14.1 Å². The summed E-state index contributed by atoms with van der Waals surface area (Å²) in [6.07, 6.45) is 4.14.